The van der Waals surface area contributed by atoms with Crippen molar-refractivity contribution in [2.45, 2.75) is 50.7 Å². The van der Waals surface area contributed by atoms with Crippen LogP contribution in [0.3, 0.4) is 0 Å². The van der Waals surface area contributed by atoms with Gasteiger partial charge in [0.15, 0.2) is 0 Å². The van der Waals surface area contributed by atoms with E-state index in [9.17, 15) is 13.5 Å². The molecule has 0 aromatic heterocycles. The fourth-order valence-electron chi connectivity index (χ4n) is 2.93. The van der Waals surface area contributed by atoms with Gasteiger partial charge in [-0.3, -0.25) is 0 Å². The second kappa shape index (κ2) is 5.86. The molecule has 6 heteroatoms. The van der Waals surface area contributed by atoms with Gasteiger partial charge in [0.25, 0.3) is 0 Å². The highest BCUT2D eigenvalue weighted by atomic mass is 32.2. The molecule has 5 nitrogen and oxygen atoms in total. The van der Waals surface area contributed by atoms with Crippen LogP contribution in [-0.2, 0) is 10.0 Å². The number of nitrogens with zero attached hydrogens (tertiary/aromatic N) is 1. The van der Waals surface area contributed by atoms with Gasteiger partial charge in [-0.1, -0.05) is 0 Å². The maximum Gasteiger partial charge on any atom is 0.214 e. The Kier molecular flexibility index (Phi) is 4.64. The van der Waals surface area contributed by atoms with Gasteiger partial charge in [-0.2, -0.15) is 4.31 Å². The SMILES string of the molecule is NC1CCC(CS(=O)(=O)N2CCCC(O)C2)CC1. The molecular formula is C12H24N2O3S. The molecule has 0 aromatic rings. The lowest BCUT2D eigenvalue weighted by Crippen LogP contribution is -2.44. The molecule has 1 saturated heterocycles. The molecule has 0 spiro atoms. The molecule has 1 aliphatic heterocycles. The Morgan fingerprint density at radius 1 is 1.17 bits per heavy atom. The molecule has 0 amide bonds. The summed E-state index contributed by atoms with van der Waals surface area (Å²) in [7, 11) is -3.20. The predicted molar refractivity (Wildman–Crippen MR) is 70.5 cm³/mol. The van der Waals surface area contributed by atoms with Crippen LogP contribution in [0.15, 0.2) is 0 Å². The lowest BCUT2D eigenvalue weighted by atomic mass is 9.88. The molecule has 2 rings (SSSR count). The Balaban J connectivity index is 1.90. The summed E-state index contributed by atoms with van der Waals surface area (Å²) in [5, 5.41) is 9.56. The molecular weight excluding hydrogens is 252 g/mol. The summed E-state index contributed by atoms with van der Waals surface area (Å²) in [6.45, 7) is 0.834. The predicted octanol–water partition coefficient (Wildman–Crippen LogP) is 0.290. The molecule has 0 bridgehead atoms. The summed E-state index contributed by atoms with van der Waals surface area (Å²) in [5.74, 6) is 0.473. The summed E-state index contributed by atoms with van der Waals surface area (Å²) in [5.41, 5.74) is 5.83. The number of aliphatic hydroxyl groups excluding tert-OH is 1. The topological polar surface area (TPSA) is 83.6 Å². The average molecular weight is 276 g/mol. The average Bonchev–Trinajstić information content (AvgIpc) is 2.32. The Labute approximate surface area is 109 Å². The Bertz CT molecular complexity index is 364. The fourth-order valence-corrected chi connectivity index (χ4v) is 4.88. The van der Waals surface area contributed by atoms with Gasteiger partial charge in [0, 0.05) is 19.1 Å². The minimum atomic E-state index is -3.20. The first-order valence-corrected chi connectivity index (χ1v) is 8.50. The minimum absolute atomic E-state index is 0.229. The summed E-state index contributed by atoms with van der Waals surface area (Å²) in [4.78, 5) is 0. The van der Waals surface area contributed by atoms with E-state index in [0.717, 1.165) is 32.1 Å². The fraction of sp³-hybridized carbons (Fsp3) is 1.00. The first-order valence-electron chi connectivity index (χ1n) is 6.89. The van der Waals surface area contributed by atoms with Crippen molar-refractivity contribution in [2.24, 2.45) is 11.7 Å². The van der Waals surface area contributed by atoms with Gasteiger partial charge in [-0.25, -0.2) is 8.42 Å². The zero-order valence-corrected chi connectivity index (χ0v) is 11.6. The van der Waals surface area contributed by atoms with E-state index < -0.39 is 16.1 Å². The van der Waals surface area contributed by atoms with Gasteiger partial charge in [0.1, 0.15) is 0 Å². The van der Waals surface area contributed by atoms with Crippen LogP contribution >= 0.6 is 0 Å². The van der Waals surface area contributed by atoms with Gasteiger partial charge in [-0.05, 0) is 44.4 Å². The summed E-state index contributed by atoms with van der Waals surface area (Å²) >= 11 is 0. The zero-order valence-electron chi connectivity index (χ0n) is 10.8. The van der Waals surface area contributed by atoms with Crippen molar-refractivity contribution >= 4 is 10.0 Å². The normalized spacial score (nSPS) is 35.6. The number of β-amino-alcohol motifs (C(OH)–C–C–N with tert-alkyl or cyclic N) is 1. The van der Waals surface area contributed by atoms with Crippen molar-refractivity contribution in [1.29, 1.82) is 0 Å². The van der Waals surface area contributed by atoms with Crippen molar-refractivity contribution < 1.29 is 13.5 Å². The van der Waals surface area contributed by atoms with Crippen LogP contribution in [0, 0.1) is 5.92 Å². The number of aliphatic hydroxyl groups is 1. The van der Waals surface area contributed by atoms with E-state index in [4.69, 9.17) is 5.73 Å². The van der Waals surface area contributed by atoms with Gasteiger partial charge in [-0.15, -0.1) is 0 Å². The van der Waals surface area contributed by atoms with Crippen molar-refractivity contribution in [3.63, 3.8) is 0 Å². The van der Waals surface area contributed by atoms with Crippen molar-refractivity contribution in [2.75, 3.05) is 18.8 Å². The van der Waals surface area contributed by atoms with E-state index in [1.807, 2.05) is 0 Å². The van der Waals surface area contributed by atoms with Crippen molar-refractivity contribution in [1.82, 2.24) is 4.31 Å². The first kappa shape index (κ1) is 14.2. The molecule has 0 radical (unpaired) electrons. The molecule has 1 atom stereocenters. The van der Waals surface area contributed by atoms with Gasteiger partial charge in [0.2, 0.25) is 10.0 Å². The van der Waals surface area contributed by atoms with Gasteiger partial charge < -0.3 is 10.8 Å². The third-order valence-corrected chi connectivity index (χ3v) is 6.10. The van der Waals surface area contributed by atoms with Crippen LogP contribution in [0.2, 0.25) is 0 Å². The molecule has 1 saturated carbocycles. The second-order valence-electron chi connectivity index (χ2n) is 5.71. The minimum Gasteiger partial charge on any atom is -0.392 e. The van der Waals surface area contributed by atoms with E-state index in [0.29, 0.717) is 13.0 Å². The summed E-state index contributed by atoms with van der Waals surface area (Å²) in [6.07, 6.45) is 4.67. The maximum absolute atomic E-state index is 12.3. The highest BCUT2D eigenvalue weighted by Gasteiger charge is 2.31. The van der Waals surface area contributed by atoms with Crippen molar-refractivity contribution in [3.05, 3.63) is 0 Å². The van der Waals surface area contributed by atoms with Crippen LogP contribution in [0.4, 0.5) is 0 Å². The molecule has 0 aromatic carbocycles. The van der Waals surface area contributed by atoms with E-state index in [2.05, 4.69) is 0 Å². The zero-order chi connectivity index (χ0) is 13.2. The van der Waals surface area contributed by atoms with E-state index in [1.54, 1.807) is 0 Å². The van der Waals surface area contributed by atoms with E-state index in [1.165, 1.54) is 4.31 Å². The van der Waals surface area contributed by atoms with Crippen LogP contribution in [0.25, 0.3) is 0 Å². The Morgan fingerprint density at radius 3 is 2.44 bits per heavy atom. The molecule has 18 heavy (non-hydrogen) atoms. The maximum atomic E-state index is 12.3. The standard InChI is InChI=1S/C12H24N2O3S/c13-11-5-3-10(4-6-11)9-18(16,17)14-7-1-2-12(15)8-14/h10-12,15H,1-9,13H2. The van der Waals surface area contributed by atoms with Crippen LogP contribution in [-0.4, -0.2) is 48.8 Å². The van der Waals surface area contributed by atoms with Crippen LogP contribution in [0.1, 0.15) is 38.5 Å². The quantitative estimate of drug-likeness (QED) is 0.776. The molecule has 1 aliphatic carbocycles. The van der Waals surface area contributed by atoms with Gasteiger partial charge in [0.05, 0.1) is 11.9 Å². The molecule has 1 heterocycles. The molecule has 2 aliphatic rings. The van der Waals surface area contributed by atoms with Crippen LogP contribution in [0.5, 0.6) is 0 Å². The Morgan fingerprint density at radius 2 is 1.83 bits per heavy atom. The van der Waals surface area contributed by atoms with Crippen LogP contribution < -0.4 is 5.73 Å². The number of sulfonamides is 1. The molecule has 2 fully saturated rings. The number of hydrogen-bond donors (Lipinski definition) is 2. The molecule has 106 valence electrons. The monoisotopic (exact) mass is 276 g/mol. The van der Waals surface area contributed by atoms with E-state index in [-0.39, 0.29) is 24.3 Å². The number of piperidine rings is 1. The first-order chi connectivity index (χ1) is 8.47. The summed E-state index contributed by atoms with van der Waals surface area (Å²) in [6, 6.07) is 0.251. The lowest BCUT2D eigenvalue weighted by molar-refractivity contribution is 0.107. The van der Waals surface area contributed by atoms with Crippen molar-refractivity contribution in [3.8, 4) is 0 Å². The Hall–Kier alpha value is -0.170. The largest absolute Gasteiger partial charge is 0.392 e. The van der Waals surface area contributed by atoms with Gasteiger partial charge >= 0.3 is 0 Å². The third-order valence-electron chi connectivity index (χ3n) is 4.09. The number of hydrogen-bond acceptors (Lipinski definition) is 4. The lowest BCUT2D eigenvalue weighted by Gasteiger charge is -2.32. The smallest absolute Gasteiger partial charge is 0.214 e. The van der Waals surface area contributed by atoms with E-state index >= 15 is 0 Å². The highest BCUT2D eigenvalue weighted by Crippen LogP contribution is 2.26. The highest BCUT2D eigenvalue weighted by molar-refractivity contribution is 7.89. The molecule has 3 N–H and O–H groups in total. The number of nitrogens with two attached hydrogens (primary N) is 1. The number of rotatable bonds is 3. The summed E-state index contributed by atoms with van der Waals surface area (Å²) < 4.78 is 26.0. The third kappa shape index (κ3) is 3.66. The molecule has 1 unspecified atom stereocenters. The second-order valence-corrected chi connectivity index (χ2v) is 7.73.